The number of carbonyl (C=O) groups is 1. The second-order valence-electron chi connectivity index (χ2n) is 4.83. The van der Waals surface area contributed by atoms with Crippen LogP contribution < -0.4 is 10.1 Å². The molecule has 0 spiro atoms. The molecule has 0 saturated carbocycles. The predicted molar refractivity (Wildman–Crippen MR) is 80.1 cm³/mol. The Labute approximate surface area is 119 Å². The third kappa shape index (κ3) is 3.38. The van der Waals surface area contributed by atoms with E-state index in [1.807, 2.05) is 62.4 Å². The SMILES string of the molecule is COc1ccc([C@H](C)NC(=O)c2ccc(C)cc2)cc1. The van der Waals surface area contributed by atoms with Gasteiger partial charge in [-0.15, -0.1) is 0 Å². The molecule has 0 saturated heterocycles. The number of methoxy groups -OCH3 is 1. The van der Waals surface area contributed by atoms with Crippen LogP contribution in [0.15, 0.2) is 48.5 Å². The first kappa shape index (κ1) is 14.1. The molecule has 1 N–H and O–H groups in total. The molecule has 1 atom stereocenters. The Balaban J connectivity index is 2.04. The summed E-state index contributed by atoms with van der Waals surface area (Å²) in [6.07, 6.45) is 0. The minimum Gasteiger partial charge on any atom is -0.497 e. The molecule has 3 nitrogen and oxygen atoms in total. The molecule has 2 rings (SSSR count). The van der Waals surface area contributed by atoms with Crippen molar-refractivity contribution in [3.63, 3.8) is 0 Å². The van der Waals surface area contributed by atoms with Crippen molar-refractivity contribution in [2.75, 3.05) is 7.11 Å². The average molecular weight is 269 g/mol. The highest BCUT2D eigenvalue weighted by molar-refractivity contribution is 5.94. The lowest BCUT2D eigenvalue weighted by Gasteiger charge is -2.15. The monoisotopic (exact) mass is 269 g/mol. The van der Waals surface area contributed by atoms with E-state index < -0.39 is 0 Å². The molecule has 0 heterocycles. The molecule has 0 aliphatic rings. The van der Waals surface area contributed by atoms with Crippen molar-refractivity contribution in [2.24, 2.45) is 0 Å². The van der Waals surface area contributed by atoms with Crippen molar-refractivity contribution in [1.82, 2.24) is 5.32 Å². The fourth-order valence-corrected chi connectivity index (χ4v) is 1.96. The Kier molecular flexibility index (Phi) is 4.41. The van der Waals surface area contributed by atoms with Crippen molar-refractivity contribution in [1.29, 1.82) is 0 Å². The van der Waals surface area contributed by atoms with Gasteiger partial charge in [-0.3, -0.25) is 4.79 Å². The van der Waals surface area contributed by atoms with E-state index in [1.54, 1.807) is 7.11 Å². The summed E-state index contributed by atoms with van der Waals surface area (Å²) in [5, 5.41) is 2.99. The lowest BCUT2D eigenvalue weighted by molar-refractivity contribution is 0.0940. The highest BCUT2D eigenvalue weighted by Gasteiger charge is 2.11. The van der Waals surface area contributed by atoms with Crippen LogP contribution in [0.25, 0.3) is 0 Å². The highest BCUT2D eigenvalue weighted by Crippen LogP contribution is 2.17. The summed E-state index contributed by atoms with van der Waals surface area (Å²) < 4.78 is 5.12. The molecule has 0 aliphatic heterocycles. The van der Waals surface area contributed by atoms with Crippen molar-refractivity contribution in [2.45, 2.75) is 19.9 Å². The number of hydrogen-bond acceptors (Lipinski definition) is 2. The molecule has 2 aromatic rings. The molecule has 3 heteroatoms. The van der Waals surface area contributed by atoms with Crippen LogP contribution in [-0.4, -0.2) is 13.0 Å². The quantitative estimate of drug-likeness (QED) is 0.922. The molecule has 0 radical (unpaired) electrons. The van der Waals surface area contributed by atoms with Gasteiger partial charge in [-0.1, -0.05) is 29.8 Å². The number of rotatable bonds is 4. The Bertz CT molecular complexity index is 573. The summed E-state index contributed by atoms with van der Waals surface area (Å²) in [6.45, 7) is 3.97. The maximum atomic E-state index is 12.1. The predicted octanol–water partition coefficient (Wildman–Crippen LogP) is 3.49. The van der Waals surface area contributed by atoms with E-state index in [9.17, 15) is 4.79 Å². The van der Waals surface area contributed by atoms with E-state index in [1.165, 1.54) is 0 Å². The molecular weight excluding hydrogens is 250 g/mol. The summed E-state index contributed by atoms with van der Waals surface area (Å²) in [5.41, 5.74) is 2.87. The van der Waals surface area contributed by atoms with Gasteiger partial charge in [0, 0.05) is 5.56 Å². The number of aryl methyl sites for hydroxylation is 1. The van der Waals surface area contributed by atoms with Crippen LogP contribution in [0.3, 0.4) is 0 Å². The largest absolute Gasteiger partial charge is 0.497 e. The normalized spacial score (nSPS) is 11.8. The van der Waals surface area contributed by atoms with Crippen molar-refractivity contribution >= 4 is 5.91 Å². The summed E-state index contributed by atoms with van der Waals surface area (Å²) in [5.74, 6) is 0.749. The van der Waals surface area contributed by atoms with Crippen LogP contribution in [0.4, 0.5) is 0 Å². The number of hydrogen-bond donors (Lipinski definition) is 1. The van der Waals surface area contributed by atoms with Gasteiger partial charge in [0.15, 0.2) is 0 Å². The van der Waals surface area contributed by atoms with Crippen LogP contribution >= 0.6 is 0 Å². The number of benzene rings is 2. The molecule has 0 aliphatic carbocycles. The smallest absolute Gasteiger partial charge is 0.251 e. The zero-order valence-electron chi connectivity index (χ0n) is 12.0. The Morgan fingerprint density at radius 2 is 1.65 bits per heavy atom. The zero-order chi connectivity index (χ0) is 14.5. The Hall–Kier alpha value is -2.29. The van der Waals surface area contributed by atoms with E-state index in [0.717, 1.165) is 16.9 Å². The molecule has 0 aromatic heterocycles. The maximum absolute atomic E-state index is 12.1. The Morgan fingerprint density at radius 3 is 2.20 bits per heavy atom. The second kappa shape index (κ2) is 6.24. The molecule has 104 valence electrons. The summed E-state index contributed by atoms with van der Waals surface area (Å²) in [7, 11) is 1.64. The first-order valence-electron chi connectivity index (χ1n) is 6.61. The molecule has 0 unspecified atom stereocenters. The summed E-state index contributed by atoms with van der Waals surface area (Å²) >= 11 is 0. The first-order chi connectivity index (χ1) is 9.60. The number of carbonyl (C=O) groups excluding carboxylic acids is 1. The molecule has 2 aromatic carbocycles. The van der Waals surface area contributed by atoms with Gasteiger partial charge in [-0.25, -0.2) is 0 Å². The van der Waals surface area contributed by atoms with E-state index >= 15 is 0 Å². The van der Waals surface area contributed by atoms with Gasteiger partial charge < -0.3 is 10.1 Å². The minimum absolute atomic E-state index is 0.0466. The fraction of sp³-hybridized carbons (Fsp3) is 0.235. The van der Waals surface area contributed by atoms with Gasteiger partial charge in [0.25, 0.3) is 5.91 Å². The minimum atomic E-state index is -0.0617. The van der Waals surface area contributed by atoms with E-state index in [2.05, 4.69) is 5.32 Å². The average Bonchev–Trinajstić information content (AvgIpc) is 2.48. The number of amides is 1. The van der Waals surface area contributed by atoms with Gasteiger partial charge in [0.1, 0.15) is 5.75 Å². The lowest BCUT2D eigenvalue weighted by atomic mass is 10.1. The van der Waals surface area contributed by atoms with Crippen LogP contribution in [0.1, 0.15) is 34.5 Å². The molecule has 1 amide bonds. The topological polar surface area (TPSA) is 38.3 Å². The van der Waals surface area contributed by atoms with Gasteiger partial charge in [0.2, 0.25) is 0 Å². The van der Waals surface area contributed by atoms with Gasteiger partial charge in [-0.05, 0) is 43.7 Å². The van der Waals surface area contributed by atoms with Crippen molar-refractivity contribution in [3.8, 4) is 5.75 Å². The maximum Gasteiger partial charge on any atom is 0.251 e. The Morgan fingerprint density at radius 1 is 1.05 bits per heavy atom. The lowest BCUT2D eigenvalue weighted by Crippen LogP contribution is -2.26. The van der Waals surface area contributed by atoms with E-state index in [-0.39, 0.29) is 11.9 Å². The second-order valence-corrected chi connectivity index (χ2v) is 4.83. The standard InChI is InChI=1S/C17H19NO2/c1-12-4-6-15(7-5-12)17(19)18-13(2)14-8-10-16(20-3)11-9-14/h4-11,13H,1-3H3,(H,18,19)/t13-/m0/s1. The molecule has 20 heavy (non-hydrogen) atoms. The van der Waals surface area contributed by atoms with Gasteiger partial charge >= 0.3 is 0 Å². The van der Waals surface area contributed by atoms with Crippen LogP contribution in [0, 0.1) is 6.92 Å². The van der Waals surface area contributed by atoms with Crippen LogP contribution in [-0.2, 0) is 0 Å². The van der Waals surface area contributed by atoms with Crippen LogP contribution in [0.2, 0.25) is 0 Å². The molecule has 0 bridgehead atoms. The zero-order valence-corrected chi connectivity index (χ0v) is 12.0. The fourth-order valence-electron chi connectivity index (χ4n) is 1.96. The van der Waals surface area contributed by atoms with E-state index in [4.69, 9.17) is 4.74 Å². The highest BCUT2D eigenvalue weighted by atomic mass is 16.5. The van der Waals surface area contributed by atoms with Gasteiger partial charge in [-0.2, -0.15) is 0 Å². The summed E-state index contributed by atoms with van der Waals surface area (Å²) in [6, 6.07) is 15.2. The summed E-state index contributed by atoms with van der Waals surface area (Å²) in [4.78, 5) is 12.1. The first-order valence-corrected chi connectivity index (χ1v) is 6.61. The van der Waals surface area contributed by atoms with Crippen molar-refractivity contribution < 1.29 is 9.53 Å². The number of ether oxygens (including phenoxy) is 1. The third-order valence-corrected chi connectivity index (χ3v) is 3.28. The molecular formula is C17H19NO2. The van der Waals surface area contributed by atoms with Gasteiger partial charge in [0.05, 0.1) is 13.2 Å². The van der Waals surface area contributed by atoms with E-state index in [0.29, 0.717) is 5.56 Å². The number of nitrogens with one attached hydrogen (secondary N) is 1. The molecule has 0 fully saturated rings. The van der Waals surface area contributed by atoms with Crippen LogP contribution in [0.5, 0.6) is 5.75 Å². The van der Waals surface area contributed by atoms with Crippen molar-refractivity contribution in [3.05, 3.63) is 65.2 Å². The third-order valence-electron chi connectivity index (χ3n) is 3.28.